The van der Waals surface area contributed by atoms with Gasteiger partial charge in [0, 0.05) is 38.9 Å². The summed E-state index contributed by atoms with van der Waals surface area (Å²) in [6, 6.07) is 0. The predicted molar refractivity (Wildman–Crippen MR) is 107 cm³/mol. The third kappa shape index (κ3) is 9.01. The van der Waals surface area contributed by atoms with Gasteiger partial charge >= 0.3 is 11.9 Å². The molecule has 0 amide bonds. The number of aliphatic hydroxyl groups is 1. The van der Waals surface area contributed by atoms with E-state index < -0.39 is 5.60 Å². The van der Waals surface area contributed by atoms with Gasteiger partial charge < -0.3 is 24.1 Å². The average Bonchev–Trinajstić information content (AvgIpc) is 2.65. The van der Waals surface area contributed by atoms with E-state index in [-0.39, 0.29) is 30.6 Å². The van der Waals surface area contributed by atoms with Crippen molar-refractivity contribution in [2.75, 3.05) is 26.4 Å². The van der Waals surface area contributed by atoms with Gasteiger partial charge in [0.15, 0.2) is 0 Å². The summed E-state index contributed by atoms with van der Waals surface area (Å²) in [5, 5.41) is 10.5. The molecule has 2 aliphatic rings. The van der Waals surface area contributed by atoms with Gasteiger partial charge in [0.1, 0.15) is 12.2 Å². The number of carbonyl (C=O) groups excluding carboxylic acids is 2. The number of ether oxygens (including phenoxy) is 4. The highest BCUT2D eigenvalue weighted by atomic mass is 16.6. The Labute approximate surface area is 174 Å². The Kier molecular flexibility index (Phi) is 10.4. The fourth-order valence-electron chi connectivity index (χ4n) is 4.21. The van der Waals surface area contributed by atoms with Crippen molar-refractivity contribution in [3.8, 4) is 0 Å². The van der Waals surface area contributed by atoms with Crippen LogP contribution in [-0.4, -0.2) is 61.3 Å². The lowest BCUT2D eigenvalue weighted by Gasteiger charge is -2.35. The minimum absolute atomic E-state index is 0.0120. The first-order valence-corrected chi connectivity index (χ1v) is 11.2. The summed E-state index contributed by atoms with van der Waals surface area (Å²) in [5.74, 6) is 0.0360. The van der Waals surface area contributed by atoms with Crippen LogP contribution in [0.5, 0.6) is 0 Å². The van der Waals surface area contributed by atoms with E-state index in [2.05, 4.69) is 6.92 Å². The zero-order valence-electron chi connectivity index (χ0n) is 18.0. The SMILES string of the molecule is CCCC1(O)CC(=O)OC(CCOCCCOCCC2CC(CC)CC(=O)O2)C1. The molecule has 4 atom stereocenters. The van der Waals surface area contributed by atoms with Gasteiger partial charge in [0.05, 0.1) is 25.2 Å². The first-order chi connectivity index (χ1) is 13.9. The molecule has 4 unspecified atom stereocenters. The molecule has 2 aliphatic heterocycles. The maximum absolute atomic E-state index is 11.7. The lowest BCUT2D eigenvalue weighted by atomic mass is 9.85. The summed E-state index contributed by atoms with van der Waals surface area (Å²) >= 11 is 0. The average molecular weight is 415 g/mol. The van der Waals surface area contributed by atoms with Crippen molar-refractivity contribution >= 4 is 11.9 Å². The molecule has 2 saturated heterocycles. The zero-order valence-corrected chi connectivity index (χ0v) is 18.0. The molecule has 2 heterocycles. The van der Waals surface area contributed by atoms with Crippen molar-refractivity contribution in [3.05, 3.63) is 0 Å². The van der Waals surface area contributed by atoms with Crippen LogP contribution in [0, 0.1) is 5.92 Å². The van der Waals surface area contributed by atoms with Crippen LogP contribution in [-0.2, 0) is 28.5 Å². The van der Waals surface area contributed by atoms with Gasteiger partial charge in [-0.3, -0.25) is 9.59 Å². The lowest BCUT2D eigenvalue weighted by Crippen LogP contribution is -2.43. The Morgan fingerprint density at radius 2 is 1.66 bits per heavy atom. The quantitative estimate of drug-likeness (QED) is 0.366. The third-order valence-electron chi connectivity index (χ3n) is 5.77. The van der Waals surface area contributed by atoms with Crippen LogP contribution in [0.15, 0.2) is 0 Å². The monoisotopic (exact) mass is 414 g/mol. The first kappa shape index (κ1) is 24.1. The second-order valence-corrected chi connectivity index (χ2v) is 8.45. The summed E-state index contributed by atoms with van der Waals surface area (Å²) in [6.45, 7) is 6.38. The summed E-state index contributed by atoms with van der Waals surface area (Å²) in [4.78, 5) is 23.3. The van der Waals surface area contributed by atoms with E-state index in [0.29, 0.717) is 58.0 Å². The van der Waals surface area contributed by atoms with Gasteiger partial charge in [-0.05, 0) is 25.2 Å². The fourth-order valence-corrected chi connectivity index (χ4v) is 4.21. The van der Waals surface area contributed by atoms with Crippen molar-refractivity contribution in [2.24, 2.45) is 5.92 Å². The highest BCUT2D eigenvalue weighted by Gasteiger charge is 2.38. The maximum Gasteiger partial charge on any atom is 0.308 e. The molecular weight excluding hydrogens is 376 g/mol. The van der Waals surface area contributed by atoms with E-state index in [4.69, 9.17) is 18.9 Å². The second-order valence-electron chi connectivity index (χ2n) is 8.45. The summed E-state index contributed by atoms with van der Waals surface area (Å²) in [7, 11) is 0. The number of rotatable bonds is 13. The molecule has 0 spiro atoms. The smallest absolute Gasteiger partial charge is 0.308 e. The van der Waals surface area contributed by atoms with Gasteiger partial charge in [0.2, 0.25) is 0 Å². The highest BCUT2D eigenvalue weighted by molar-refractivity contribution is 5.72. The van der Waals surface area contributed by atoms with Crippen LogP contribution in [0.25, 0.3) is 0 Å². The number of hydrogen-bond donors (Lipinski definition) is 1. The molecule has 0 aromatic heterocycles. The molecule has 0 saturated carbocycles. The Balaban J connectivity index is 1.47. The van der Waals surface area contributed by atoms with Crippen molar-refractivity contribution in [1.29, 1.82) is 0 Å². The molecule has 168 valence electrons. The molecule has 0 bridgehead atoms. The Morgan fingerprint density at radius 1 is 1.00 bits per heavy atom. The van der Waals surface area contributed by atoms with Crippen LogP contribution < -0.4 is 0 Å². The molecule has 0 radical (unpaired) electrons. The first-order valence-electron chi connectivity index (χ1n) is 11.2. The number of esters is 2. The molecule has 2 fully saturated rings. The Hall–Kier alpha value is -1.18. The Bertz CT molecular complexity index is 509. The molecule has 0 aromatic rings. The Morgan fingerprint density at radius 3 is 2.31 bits per heavy atom. The van der Waals surface area contributed by atoms with Crippen LogP contribution >= 0.6 is 0 Å². The van der Waals surface area contributed by atoms with Gasteiger partial charge in [-0.1, -0.05) is 26.7 Å². The molecule has 29 heavy (non-hydrogen) atoms. The van der Waals surface area contributed by atoms with Gasteiger partial charge in [-0.15, -0.1) is 0 Å². The predicted octanol–water partition coefficient (Wildman–Crippen LogP) is 3.16. The van der Waals surface area contributed by atoms with Gasteiger partial charge in [-0.2, -0.15) is 0 Å². The van der Waals surface area contributed by atoms with Gasteiger partial charge in [0.25, 0.3) is 0 Å². The standard InChI is InChI=1S/C22H38O7/c1-3-8-22(25)15-19(29-21(24)16-22)7-12-27-10-5-9-26-11-6-18-13-17(4-2)14-20(23)28-18/h17-19,25H,3-16H2,1-2H3. The van der Waals surface area contributed by atoms with E-state index in [9.17, 15) is 14.7 Å². The normalized spacial score (nSPS) is 30.1. The summed E-state index contributed by atoms with van der Waals surface area (Å²) in [6.07, 6.45) is 6.40. The number of carbonyl (C=O) groups is 2. The number of cyclic esters (lactones) is 2. The van der Waals surface area contributed by atoms with Crippen molar-refractivity contribution < 1.29 is 33.6 Å². The van der Waals surface area contributed by atoms with Crippen LogP contribution in [0.4, 0.5) is 0 Å². The van der Waals surface area contributed by atoms with E-state index in [1.165, 1.54) is 0 Å². The molecule has 7 nitrogen and oxygen atoms in total. The highest BCUT2D eigenvalue weighted by Crippen LogP contribution is 2.31. The van der Waals surface area contributed by atoms with Crippen LogP contribution in [0.3, 0.4) is 0 Å². The molecule has 0 aliphatic carbocycles. The molecular formula is C22H38O7. The van der Waals surface area contributed by atoms with E-state index in [1.807, 2.05) is 6.92 Å². The van der Waals surface area contributed by atoms with E-state index >= 15 is 0 Å². The molecule has 1 N–H and O–H groups in total. The minimum atomic E-state index is -0.924. The van der Waals surface area contributed by atoms with Gasteiger partial charge in [-0.25, -0.2) is 0 Å². The molecule has 7 heteroatoms. The van der Waals surface area contributed by atoms with Crippen LogP contribution in [0.2, 0.25) is 0 Å². The lowest BCUT2D eigenvalue weighted by molar-refractivity contribution is -0.172. The summed E-state index contributed by atoms with van der Waals surface area (Å²) in [5.41, 5.74) is -0.924. The molecule has 0 aromatic carbocycles. The molecule has 2 rings (SSSR count). The van der Waals surface area contributed by atoms with Crippen molar-refractivity contribution in [1.82, 2.24) is 0 Å². The van der Waals surface area contributed by atoms with Crippen molar-refractivity contribution in [2.45, 2.75) is 95.9 Å². The third-order valence-corrected chi connectivity index (χ3v) is 5.77. The van der Waals surface area contributed by atoms with E-state index in [1.54, 1.807) is 0 Å². The second kappa shape index (κ2) is 12.5. The number of hydrogen-bond acceptors (Lipinski definition) is 7. The minimum Gasteiger partial charge on any atom is -0.462 e. The fraction of sp³-hybridized carbons (Fsp3) is 0.909. The van der Waals surface area contributed by atoms with Crippen LogP contribution in [0.1, 0.15) is 78.1 Å². The largest absolute Gasteiger partial charge is 0.462 e. The summed E-state index contributed by atoms with van der Waals surface area (Å²) < 4.78 is 22.0. The topological polar surface area (TPSA) is 91.3 Å². The maximum atomic E-state index is 11.7. The van der Waals surface area contributed by atoms with Crippen molar-refractivity contribution in [3.63, 3.8) is 0 Å². The van der Waals surface area contributed by atoms with E-state index in [0.717, 1.165) is 32.1 Å². The zero-order chi connectivity index (χ0) is 21.1.